The zero-order valence-electron chi connectivity index (χ0n) is 10.5. The molecule has 1 fully saturated rings. The van der Waals surface area contributed by atoms with Gasteiger partial charge in [-0.25, -0.2) is 0 Å². The third-order valence-electron chi connectivity index (χ3n) is 2.82. The molecule has 0 aromatic heterocycles. The summed E-state index contributed by atoms with van der Waals surface area (Å²) in [5.74, 6) is 0. The van der Waals surface area contributed by atoms with E-state index in [1.807, 2.05) is 20.9 Å². The number of nitrogens with zero attached hydrogens (tertiary/aromatic N) is 1. The summed E-state index contributed by atoms with van der Waals surface area (Å²) < 4.78 is 0. The number of likely N-dealkylation sites (N-methyl/N-ethyl adjacent to an activating group) is 1. The minimum atomic E-state index is 0.773. The highest BCUT2D eigenvalue weighted by Gasteiger charge is 2.17. The summed E-state index contributed by atoms with van der Waals surface area (Å²) in [7, 11) is 2.05. The number of hydrogen-bond donors (Lipinski definition) is 1. The van der Waals surface area contributed by atoms with Crippen LogP contribution in [0.5, 0.6) is 0 Å². The van der Waals surface area contributed by atoms with Crippen molar-refractivity contribution in [3.05, 3.63) is 0 Å². The van der Waals surface area contributed by atoms with Gasteiger partial charge in [-0.1, -0.05) is 27.2 Å². The summed E-state index contributed by atoms with van der Waals surface area (Å²) >= 11 is 0. The Labute approximate surface area is 90.1 Å². The SMILES string of the molecule is CC.CCC(CNC)N1CCCCC1. The smallest absolute Gasteiger partial charge is 0.0217 e. The van der Waals surface area contributed by atoms with Crippen molar-refractivity contribution in [3.63, 3.8) is 0 Å². The van der Waals surface area contributed by atoms with Gasteiger partial charge in [0, 0.05) is 12.6 Å². The summed E-state index contributed by atoms with van der Waals surface area (Å²) in [4.78, 5) is 2.64. The van der Waals surface area contributed by atoms with Crippen LogP contribution < -0.4 is 5.32 Å². The minimum Gasteiger partial charge on any atom is -0.318 e. The van der Waals surface area contributed by atoms with Crippen LogP contribution in [0.4, 0.5) is 0 Å². The molecule has 0 aromatic rings. The van der Waals surface area contributed by atoms with Gasteiger partial charge < -0.3 is 5.32 Å². The first-order chi connectivity index (χ1) is 6.88. The molecule has 2 heteroatoms. The highest BCUT2D eigenvalue weighted by Crippen LogP contribution is 2.13. The predicted molar refractivity (Wildman–Crippen MR) is 64.8 cm³/mol. The van der Waals surface area contributed by atoms with Gasteiger partial charge in [0.25, 0.3) is 0 Å². The van der Waals surface area contributed by atoms with Crippen molar-refractivity contribution in [3.8, 4) is 0 Å². The van der Waals surface area contributed by atoms with Crippen molar-refractivity contribution in [1.82, 2.24) is 10.2 Å². The molecule has 1 heterocycles. The van der Waals surface area contributed by atoms with Gasteiger partial charge in [0.05, 0.1) is 0 Å². The molecule has 0 saturated carbocycles. The van der Waals surface area contributed by atoms with E-state index in [2.05, 4.69) is 17.1 Å². The molecule has 1 N–H and O–H groups in total. The summed E-state index contributed by atoms with van der Waals surface area (Å²) in [5, 5.41) is 3.27. The van der Waals surface area contributed by atoms with Crippen LogP contribution in [-0.4, -0.2) is 37.6 Å². The topological polar surface area (TPSA) is 15.3 Å². The van der Waals surface area contributed by atoms with Crippen LogP contribution in [0.25, 0.3) is 0 Å². The Morgan fingerprint density at radius 1 is 1.14 bits per heavy atom. The Balaban J connectivity index is 0.000000791. The van der Waals surface area contributed by atoms with Gasteiger partial charge in [-0.2, -0.15) is 0 Å². The Morgan fingerprint density at radius 3 is 2.14 bits per heavy atom. The standard InChI is InChI=1S/C10H22N2.C2H6/c1-3-10(9-11-2)12-7-5-4-6-8-12;1-2/h10-11H,3-9H2,1-2H3;1-2H3. The van der Waals surface area contributed by atoms with E-state index in [0.717, 1.165) is 12.6 Å². The van der Waals surface area contributed by atoms with Crippen LogP contribution >= 0.6 is 0 Å². The van der Waals surface area contributed by atoms with Crippen molar-refractivity contribution in [2.24, 2.45) is 0 Å². The van der Waals surface area contributed by atoms with Gasteiger partial charge >= 0.3 is 0 Å². The summed E-state index contributed by atoms with van der Waals surface area (Å²) in [6.45, 7) is 10.1. The number of piperidine rings is 1. The maximum absolute atomic E-state index is 3.27. The zero-order chi connectivity index (χ0) is 10.8. The van der Waals surface area contributed by atoms with Crippen LogP contribution in [0.1, 0.15) is 46.5 Å². The largest absolute Gasteiger partial charge is 0.318 e. The fourth-order valence-corrected chi connectivity index (χ4v) is 2.05. The average molecular weight is 200 g/mol. The lowest BCUT2D eigenvalue weighted by molar-refractivity contribution is 0.157. The Kier molecular flexibility index (Phi) is 9.42. The molecule has 1 saturated heterocycles. The zero-order valence-corrected chi connectivity index (χ0v) is 10.5. The molecule has 0 radical (unpaired) electrons. The molecule has 0 aliphatic carbocycles. The monoisotopic (exact) mass is 200 g/mol. The first-order valence-corrected chi connectivity index (χ1v) is 6.27. The highest BCUT2D eigenvalue weighted by molar-refractivity contribution is 4.74. The highest BCUT2D eigenvalue weighted by atomic mass is 15.2. The molecule has 14 heavy (non-hydrogen) atoms. The van der Waals surface area contributed by atoms with Crippen molar-refractivity contribution < 1.29 is 0 Å². The van der Waals surface area contributed by atoms with E-state index in [1.165, 1.54) is 38.8 Å². The van der Waals surface area contributed by atoms with E-state index in [0.29, 0.717) is 0 Å². The maximum atomic E-state index is 3.27. The minimum absolute atomic E-state index is 0.773. The second-order valence-electron chi connectivity index (χ2n) is 3.72. The van der Waals surface area contributed by atoms with Crippen LogP contribution in [-0.2, 0) is 0 Å². The molecule has 1 unspecified atom stereocenters. The van der Waals surface area contributed by atoms with E-state index in [-0.39, 0.29) is 0 Å². The number of likely N-dealkylation sites (tertiary alicyclic amines) is 1. The van der Waals surface area contributed by atoms with E-state index in [9.17, 15) is 0 Å². The summed E-state index contributed by atoms with van der Waals surface area (Å²) in [6.07, 6.45) is 5.52. The van der Waals surface area contributed by atoms with Crippen molar-refractivity contribution in [2.45, 2.75) is 52.5 Å². The van der Waals surface area contributed by atoms with Crippen LogP contribution in [0, 0.1) is 0 Å². The third-order valence-corrected chi connectivity index (χ3v) is 2.82. The van der Waals surface area contributed by atoms with Crippen molar-refractivity contribution in [2.75, 3.05) is 26.7 Å². The van der Waals surface area contributed by atoms with Crippen LogP contribution in [0.15, 0.2) is 0 Å². The van der Waals surface area contributed by atoms with E-state index in [1.54, 1.807) is 0 Å². The summed E-state index contributed by atoms with van der Waals surface area (Å²) in [5.41, 5.74) is 0. The second-order valence-corrected chi connectivity index (χ2v) is 3.72. The number of nitrogens with one attached hydrogen (secondary N) is 1. The van der Waals surface area contributed by atoms with Gasteiger partial charge in [-0.3, -0.25) is 4.90 Å². The molecule has 2 nitrogen and oxygen atoms in total. The molecule has 0 aromatic carbocycles. The van der Waals surface area contributed by atoms with E-state index in [4.69, 9.17) is 0 Å². The first-order valence-electron chi connectivity index (χ1n) is 6.27. The Morgan fingerprint density at radius 2 is 1.71 bits per heavy atom. The molecule has 0 spiro atoms. The number of rotatable bonds is 4. The first kappa shape index (κ1) is 13.9. The molecule has 1 aliphatic heterocycles. The van der Waals surface area contributed by atoms with Gasteiger partial charge in [0.1, 0.15) is 0 Å². The molecule has 1 rings (SSSR count). The third kappa shape index (κ3) is 4.97. The van der Waals surface area contributed by atoms with Crippen molar-refractivity contribution >= 4 is 0 Å². The second kappa shape index (κ2) is 9.47. The lowest BCUT2D eigenvalue weighted by Gasteiger charge is -2.33. The molecule has 0 amide bonds. The van der Waals surface area contributed by atoms with Crippen LogP contribution in [0.2, 0.25) is 0 Å². The Bertz CT molecular complexity index is 106. The fraction of sp³-hybridized carbons (Fsp3) is 1.00. The fourth-order valence-electron chi connectivity index (χ4n) is 2.05. The number of hydrogen-bond acceptors (Lipinski definition) is 2. The normalized spacial score (nSPS) is 19.7. The molecular formula is C12H28N2. The average Bonchev–Trinajstić information content (AvgIpc) is 2.30. The lowest BCUT2D eigenvalue weighted by atomic mass is 10.1. The van der Waals surface area contributed by atoms with Gasteiger partial charge in [-0.15, -0.1) is 0 Å². The Hall–Kier alpha value is -0.0800. The quantitative estimate of drug-likeness (QED) is 0.750. The molecule has 0 bridgehead atoms. The molecule has 86 valence electrons. The molecule has 1 aliphatic rings. The predicted octanol–water partition coefficient (Wildman–Crippen LogP) is 2.50. The maximum Gasteiger partial charge on any atom is 0.0217 e. The lowest BCUT2D eigenvalue weighted by Crippen LogP contribution is -2.43. The summed E-state index contributed by atoms with van der Waals surface area (Å²) in [6, 6.07) is 0.773. The van der Waals surface area contributed by atoms with Gasteiger partial charge in [0.15, 0.2) is 0 Å². The van der Waals surface area contributed by atoms with Crippen LogP contribution in [0.3, 0.4) is 0 Å². The van der Waals surface area contributed by atoms with Crippen molar-refractivity contribution in [1.29, 1.82) is 0 Å². The molecular weight excluding hydrogens is 172 g/mol. The molecule has 1 atom stereocenters. The van der Waals surface area contributed by atoms with E-state index < -0.39 is 0 Å². The van der Waals surface area contributed by atoms with E-state index >= 15 is 0 Å². The van der Waals surface area contributed by atoms with Gasteiger partial charge in [0.2, 0.25) is 0 Å². The van der Waals surface area contributed by atoms with Gasteiger partial charge in [-0.05, 0) is 39.4 Å².